The van der Waals surface area contributed by atoms with Crippen molar-refractivity contribution in [3.63, 3.8) is 0 Å². The molecule has 0 saturated heterocycles. The van der Waals surface area contributed by atoms with Crippen molar-refractivity contribution in [2.45, 2.75) is 20.8 Å². The zero-order valence-corrected chi connectivity index (χ0v) is 8.50. The van der Waals surface area contributed by atoms with Crippen LogP contribution in [-0.4, -0.2) is 30.7 Å². The Bertz CT molecular complexity index is 169. The molecular formula is C8H18N4. The van der Waals surface area contributed by atoms with E-state index in [1.807, 2.05) is 21.0 Å². The lowest BCUT2D eigenvalue weighted by atomic mass is 10.1. The van der Waals surface area contributed by atoms with Crippen molar-refractivity contribution in [3.05, 3.63) is 0 Å². The molecule has 0 rings (SSSR count). The lowest BCUT2D eigenvalue weighted by Crippen LogP contribution is -2.29. The van der Waals surface area contributed by atoms with Crippen LogP contribution in [0.3, 0.4) is 0 Å². The van der Waals surface area contributed by atoms with E-state index in [1.165, 1.54) is 0 Å². The van der Waals surface area contributed by atoms with Gasteiger partial charge in [-0.2, -0.15) is 5.10 Å². The monoisotopic (exact) mass is 170 g/mol. The van der Waals surface area contributed by atoms with Gasteiger partial charge < -0.3 is 10.6 Å². The summed E-state index contributed by atoms with van der Waals surface area (Å²) in [5.41, 5.74) is 6.52. The van der Waals surface area contributed by atoms with E-state index in [2.05, 4.69) is 24.1 Å². The molecule has 0 fully saturated rings. The molecule has 70 valence electrons. The van der Waals surface area contributed by atoms with E-state index < -0.39 is 0 Å². The van der Waals surface area contributed by atoms with Crippen LogP contribution in [0.4, 0.5) is 0 Å². The van der Waals surface area contributed by atoms with Crippen molar-refractivity contribution >= 4 is 11.7 Å². The first-order chi connectivity index (χ1) is 5.45. The van der Waals surface area contributed by atoms with Gasteiger partial charge in [0, 0.05) is 19.8 Å². The van der Waals surface area contributed by atoms with E-state index in [0.717, 1.165) is 5.71 Å². The minimum absolute atomic E-state index is 0.420. The van der Waals surface area contributed by atoms with Crippen LogP contribution in [0.2, 0.25) is 0 Å². The third-order valence-corrected chi connectivity index (χ3v) is 1.60. The highest BCUT2D eigenvalue weighted by Crippen LogP contribution is 1.96. The second kappa shape index (κ2) is 4.74. The minimum Gasteiger partial charge on any atom is -0.368 e. The van der Waals surface area contributed by atoms with Crippen LogP contribution in [-0.2, 0) is 0 Å². The van der Waals surface area contributed by atoms with Crippen LogP contribution in [0.5, 0.6) is 0 Å². The van der Waals surface area contributed by atoms with Crippen LogP contribution in [0.1, 0.15) is 20.8 Å². The molecule has 12 heavy (non-hydrogen) atoms. The summed E-state index contributed by atoms with van der Waals surface area (Å²) in [5.74, 6) is 0.846. The van der Waals surface area contributed by atoms with Gasteiger partial charge in [0.15, 0.2) is 0 Å². The summed E-state index contributed by atoms with van der Waals surface area (Å²) in [6.45, 7) is 6.08. The SMILES string of the molecule is C/C(=N\N=C(\N)N(C)C)C(C)C. The molecule has 0 aromatic heterocycles. The first-order valence-corrected chi connectivity index (χ1v) is 4.00. The minimum atomic E-state index is 0.420. The van der Waals surface area contributed by atoms with Gasteiger partial charge in [-0.25, -0.2) is 0 Å². The Hall–Kier alpha value is -1.06. The predicted octanol–water partition coefficient (Wildman–Crippen LogP) is 0.895. The number of nitrogens with two attached hydrogens (primary N) is 1. The molecule has 0 amide bonds. The largest absolute Gasteiger partial charge is 0.368 e. The van der Waals surface area contributed by atoms with Crippen LogP contribution in [0, 0.1) is 5.92 Å². The second-order valence-electron chi connectivity index (χ2n) is 3.25. The van der Waals surface area contributed by atoms with Gasteiger partial charge in [-0.05, 0) is 12.8 Å². The summed E-state index contributed by atoms with van der Waals surface area (Å²) in [4.78, 5) is 1.72. The average Bonchev–Trinajstić information content (AvgIpc) is 1.98. The average molecular weight is 170 g/mol. The molecule has 0 aliphatic carbocycles. The molecule has 0 atom stereocenters. The first kappa shape index (κ1) is 10.9. The van der Waals surface area contributed by atoms with Crippen molar-refractivity contribution in [1.29, 1.82) is 0 Å². The molecule has 4 nitrogen and oxygen atoms in total. The standard InChI is InChI=1S/C8H18N4/c1-6(2)7(3)10-11-8(9)12(4)5/h6H,1-5H3,(H2,9,11)/b10-7+. The van der Waals surface area contributed by atoms with Crippen LogP contribution >= 0.6 is 0 Å². The number of hydrogen-bond donors (Lipinski definition) is 1. The van der Waals surface area contributed by atoms with E-state index in [1.54, 1.807) is 4.90 Å². The summed E-state index contributed by atoms with van der Waals surface area (Å²) in [5, 5.41) is 7.84. The van der Waals surface area contributed by atoms with Crippen molar-refractivity contribution in [1.82, 2.24) is 4.90 Å². The molecule has 0 aliphatic rings. The van der Waals surface area contributed by atoms with Gasteiger partial charge in [0.25, 0.3) is 0 Å². The summed E-state index contributed by atoms with van der Waals surface area (Å²) >= 11 is 0. The molecule has 0 aromatic carbocycles. The molecule has 0 spiro atoms. The van der Waals surface area contributed by atoms with Crippen LogP contribution in [0.15, 0.2) is 10.2 Å². The third kappa shape index (κ3) is 3.95. The van der Waals surface area contributed by atoms with Gasteiger partial charge in [-0.1, -0.05) is 13.8 Å². The Balaban J connectivity index is 4.27. The highest BCUT2D eigenvalue weighted by atomic mass is 15.3. The molecule has 2 N–H and O–H groups in total. The van der Waals surface area contributed by atoms with Crippen LogP contribution < -0.4 is 5.73 Å². The maximum absolute atomic E-state index is 5.53. The fraction of sp³-hybridized carbons (Fsp3) is 0.750. The van der Waals surface area contributed by atoms with E-state index >= 15 is 0 Å². The molecule has 0 heterocycles. The zero-order chi connectivity index (χ0) is 9.72. The molecule has 4 heteroatoms. The maximum Gasteiger partial charge on any atom is 0.215 e. The summed E-state index contributed by atoms with van der Waals surface area (Å²) in [7, 11) is 3.66. The topological polar surface area (TPSA) is 54.0 Å². The highest BCUT2D eigenvalue weighted by Gasteiger charge is 1.97. The molecule has 0 radical (unpaired) electrons. The van der Waals surface area contributed by atoms with Gasteiger partial charge in [0.05, 0.1) is 0 Å². The number of guanidine groups is 1. The smallest absolute Gasteiger partial charge is 0.215 e. The third-order valence-electron chi connectivity index (χ3n) is 1.60. The molecule has 0 bridgehead atoms. The Morgan fingerprint density at radius 3 is 2.08 bits per heavy atom. The van der Waals surface area contributed by atoms with E-state index in [4.69, 9.17) is 5.73 Å². The molecule has 0 saturated carbocycles. The number of hydrogen-bond acceptors (Lipinski definition) is 2. The fourth-order valence-corrected chi connectivity index (χ4v) is 0.335. The quantitative estimate of drug-likeness (QED) is 0.380. The van der Waals surface area contributed by atoms with Gasteiger partial charge in [-0.15, -0.1) is 5.10 Å². The van der Waals surface area contributed by atoms with Crippen molar-refractivity contribution in [2.24, 2.45) is 21.9 Å². The Labute approximate surface area is 74.2 Å². The van der Waals surface area contributed by atoms with Crippen LogP contribution in [0.25, 0.3) is 0 Å². The van der Waals surface area contributed by atoms with E-state index in [9.17, 15) is 0 Å². The first-order valence-electron chi connectivity index (χ1n) is 4.00. The van der Waals surface area contributed by atoms with E-state index in [-0.39, 0.29) is 0 Å². The fourth-order valence-electron chi connectivity index (χ4n) is 0.335. The normalized spacial score (nSPS) is 13.8. The Morgan fingerprint density at radius 1 is 1.25 bits per heavy atom. The second-order valence-corrected chi connectivity index (χ2v) is 3.25. The molecule has 0 aromatic rings. The maximum atomic E-state index is 5.53. The number of rotatable bonds is 2. The van der Waals surface area contributed by atoms with Crippen molar-refractivity contribution in [2.75, 3.05) is 14.1 Å². The zero-order valence-electron chi connectivity index (χ0n) is 8.50. The lowest BCUT2D eigenvalue weighted by molar-refractivity contribution is 0.610. The van der Waals surface area contributed by atoms with Gasteiger partial charge >= 0.3 is 0 Å². The van der Waals surface area contributed by atoms with Gasteiger partial charge in [0.2, 0.25) is 5.96 Å². The molecule has 0 aliphatic heterocycles. The molecule has 0 unspecified atom stereocenters. The summed E-state index contributed by atoms with van der Waals surface area (Å²) < 4.78 is 0. The Kier molecular flexibility index (Phi) is 4.33. The predicted molar refractivity (Wildman–Crippen MR) is 53.3 cm³/mol. The highest BCUT2D eigenvalue weighted by molar-refractivity contribution is 5.85. The van der Waals surface area contributed by atoms with E-state index in [0.29, 0.717) is 11.9 Å². The summed E-state index contributed by atoms with van der Waals surface area (Å²) in [6.07, 6.45) is 0. The summed E-state index contributed by atoms with van der Waals surface area (Å²) in [6, 6.07) is 0. The number of nitrogens with zero attached hydrogens (tertiary/aromatic N) is 3. The Morgan fingerprint density at radius 2 is 1.75 bits per heavy atom. The lowest BCUT2D eigenvalue weighted by Gasteiger charge is -2.08. The van der Waals surface area contributed by atoms with Crippen molar-refractivity contribution in [3.8, 4) is 0 Å². The van der Waals surface area contributed by atoms with Crippen molar-refractivity contribution < 1.29 is 0 Å². The molecular weight excluding hydrogens is 152 g/mol. The van der Waals surface area contributed by atoms with Gasteiger partial charge in [-0.3, -0.25) is 0 Å². The van der Waals surface area contributed by atoms with Gasteiger partial charge in [0.1, 0.15) is 0 Å².